The number of esters is 1. The zero-order valence-electron chi connectivity index (χ0n) is 8.84. The molecule has 0 radical (unpaired) electrons. The molecule has 7 heteroatoms. The molecule has 1 heterocycles. The van der Waals surface area contributed by atoms with E-state index >= 15 is 0 Å². The van der Waals surface area contributed by atoms with Gasteiger partial charge in [-0.05, 0) is 35.6 Å². The van der Waals surface area contributed by atoms with E-state index in [9.17, 15) is 13.6 Å². The van der Waals surface area contributed by atoms with Gasteiger partial charge in [0.1, 0.15) is 3.70 Å². The van der Waals surface area contributed by atoms with Gasteiger partial charge in [0.15, 0.2) is 0 Å². The van der Waals surface area contributed by atoms with E-state index in [2.05, 4.69) is 20.9 Å². The first kappa shape index (κ1) is 14.7. The molecule has 0 saturated carbocycles. The second-order valence-corrected chi connectivity index (χ2v) is 4.60. The van der Waals surface area contributed by atoms with Gasteiger partial charge < -0.3 is 4.74 Å². The second kappa shape index (κ2) is 6.58. The summed E-state index contributed by atoms with van der Waals surface area (Å²) in [5, 5.41) is 0.388. The third-order valence-electron chi connectivity index (χ3n) is 1.92. The Kier molecular flexibility index (Phi) is 5.71. The van der Waals surface area contributed by atoms with Crippen LogP contribution in [0.3, 0.4) is 0 Å². The zero-order chi connectivity index (χ0) is 13.0. The molecule has 94 valence electrons. The van der Waals surface area contributed by atoms with Crippen LogP contribution in [0.1, 0.15) is 35.0 Å². The number of carbonyl (C=O) groups is 1. The highest BCUT2D eigenvalue weighted by molar-refractivity contribution is 14.1. The monoisotopic (exact) mass is 419 g/mol. The lowest BCUT2D eigenvalue weighted by molar-refractivity contribution is 0.0514. The molecule has 3 nitrogen and oxygen atoms in total. The van der Waals surface area contributed by atoms with Gasteiger partial charge in [-0.2, -0.15) is 0 Å². The van der Waals surface area contributed by atoms with Crippen molar-refractivity contribution in [3.8, 4) is 0 Å². The van der Waals surface area contributed by atoms with Crippen molar-refractivity contribution < 1.29 is 18.3 Å². The number of hydrogen-bond acceptors (Lipinski definition) is 3. The molecule has 1 rings (SSSR count). The fraction of sp³-hybridized carbons (Fsp3) is 0.400. The van der Waals surface area contributed by atoms with Crippen molar-refractivity contribution >= 4 is 44.5 Å². The first-order valence-corrected chi connectivity index (χ1v) is 6.91. The van der Waals surface area contributed by atoms with E-state index in [0.29, 0.717) is 11.0 Å². The lowest BCUT2D eigenvalue weighted by Gasteiger charge is -2.11. The second-order valence-electron chi connectivity index (χ2n) is 3.02. The van der Waals surface area contributed by atoms with Crippen LogP contribution in [0.4, 0.5) is 8.78 Å². The van der Waals surface area contributed by atoms with Crippen molar-refractivity contribution in [1.29, 1.82) is 0 Å². The molecule has 0 atom stereocenters. The Hall–Kier alpha value is -0.310. The average Bonchev–Trinajstić information content (AvgIpc) is 2.27. The van der Waals surface area contributed by atoms with Crippen molar-refractivity contribution in [2.24, 2.45) is 0 Å². The smallest absolute Gasteiger partial charge is 0.338 e. The van der Waals surface area contributed by atoms with Crippen LogP contribution < -0.4 is 0 Å². The number of rotatable bonds is 4. The normalized spacial score (nSPS) is 10.7. The van der Waals surface area contributed by atoms with Gasteiger partial charge in [0.2, 0.25) is 0 Å². The van der Waals surface area contributed by atoms with Crippen LogP contribution in [0, 0.1) is 3.70 Å². The maximum Gasteiger partial charge on any atom is 0.338 e. The maximum absolute atomic E-state index is 12.9. The Morgan fingerprint density at radius 3 is 2.76 bits per heavy atom. The molecule has 0 aliphatic rings. The summed E-state index contributed by atoms with van der Waals surface area (Å²) in [6, 6.07) is 1.33. The van der Waals surface area contributed by atoms with Crippen molar-refractivity contribution in [1.82, 2.24) is 4.98 Å². The number of halogens is 4. The van der Waals surface area contributed by atoms with E-state index in [4.69, 9.17) is 4.74 Å². The summed E-state index contributed by atoms with van der Waals surface area (Å²) in [5.74, 6) is -0.745. The number of ether oxygens (including phenoxy) is 1. The predicted molar refractivity (Wildman–Crippen MR) is 70.5 cm³/mol. The highest BCUT2D eigenvalue weighted by atomic mass is 127. The van der Waals surface area contributed by atoms with Crippen LogP contribution in [0.15, 0.2) is 6.07 Å². The van der Waals surface area contributed by atoms with Crippen LogP contribution in [0.5, 0.6) is 0 Å². The highest BCUT2D eigenvalue weighted by Gasteiger charge is 2.24. The third kappa shape index (κ3) is 3.57. The molecule has 0 saturated heterocycles. The fourth-order valence-corrected chi connectivity index (χ4v) is 2.35. The lowest BCUT2D eigenvalue weighted by Crippen LogP contribution is -2.12. The highest BCUT2D eigenvalue weighted by Crippen LogP contribution is 2.28. The molecule has 0 spiro atoms. The molecule has 1 aromatic heterocycles. The zero-order valence-corrected chi connectivity index (χ0v) is 12.6. The molecule has 0 aliphatic carbocycles. The Bertz CT molecular complexity index is 429. The van der Waals surface area contributed by atoms with Crippen molar-refractivity contribution in [3.05, 3.63) is 26.6 Å². The van der Waals surface area contributed by atoms with Gasteiger partial charge in [0, 0.05) is 5.33 Å². The standard InChI is InChI=1S/C10H9BrF2INO2/c1-2-17-10(16)6-3-5(4-11)15-9(14)7(6)8(12)13/h3,8H,2,4H2,1H3. The summed E-state index contributed by atoms with van der Waals surface area (Å²) in [6.45, 7) is 1.77. The lowest BCUT2D eigenvalue weighted by atomic mass is 10.1. The number of carbonyl (C=O) groups excluding carboxylic acids is 1. The molecular formula is C10H9BrF2INO2. The molecule has 0 fully saturated rings. The van der Waals surface area contributed by atoms with Crippen LogP contribution in [-0.2, 0) is 10.1 Å². The molecule has 1 aromatic rings. The van der Waals surface area contributed by atoms with E-state index < -0.39 is 12.4 Å². The van der Waals surface area contributed by atoms with E-state index in [0.717, 1.165) is 0 Å². The number of pyridine rings is 1. The van der Waals surface area contributed by atoms with Gasteiger partial charge in [-0.25, -0.2) is 18.6 Å². The van der Waals surface area contributed by atoms with Gasteiger partial charge in [-0.3, -0.25) is 0 Å². The quantitative estimate of drug-likeness (QED) is 0.323. The van der Waals surface area contributed by atoms with Crippen LogP contribution in [-0.4, -0.2) is 17.6 Å². The molecule has 17 heavy (non-hydrogen) atoms. The summed E-state index contributed by atoms with van der Waals surface area (Å²) in [4.78, 5) is 15.6. The van der Waals surface area contributed by atoms with E-state index in [1.165, 1.54) is 6.07 Å². The summed E-state index contributed by atoms with van der Waals surface area (Å²) < 4.78 is 30.6. The summed E-state index contributed by atoms with van der Waals surface area (Å²) in [5.41, 5.74) is 0.0336. The Balaban J connectivity index is 3.32. The largest absolute Gasteiger partial charge is 0.462 e. The topological polar surface area (TPSA) is 39.2 Å². The summed E-state index contributed by atoms with van der Waals surface area (Å²) in [6.07, 6.45) is -2.75. The van der Waals surface area contributed by atoms with Crippen molar-refractivity contribution in [3.63, 3.8) is 0 Å². The molecule has 0 amide bonds. The minimum Gasteiger partial charge on any atom is -0.462 e. The number of alkyl halides is 3. The average molecular weight is 420 g/mol. The number of hydrogen-bond donors (Lipinski definition) is 0. The SMILES string of the molecule is CCOC(=O)c1cc(CBr)nc(I)c1C(F)F. The van der Waals surface area contributed by atoms with E-state index in [-0.39, 0.29) is 21.4 Å². The van der Waals surface area contributed by atoms with Crippen molar-refractivity contribution in [2.75, 3.05) is 6.61 Å². The van der Waals surface area contributed by atoms with Gasteiger partial charge in [0.25, 0.3) is 6.43 Å². The summed E-state index contributed by atoms with van der Waals surface area (Å²) >= 11 is 4.86. The molecule has 0 bridgehead atoms. The fourth-order valence-electron chi connectivity index (χ4n) is 1.23. The van der Waals surface area contributed by atoms with Gasteiger partial charge in [-0.15, -0.1) is 0 Å². The first-order valence-electron chi connectivity index (χ1n) is 4.71. The van der Waals surface area contributed by atoms with Gasteiger partial charge in [0.05, 0.1) is 23.4 Å². The van der Waals surface area contributed by atoms with Crippen LogP contribution in [0.2, 0.25) is 0 Å². The molecule has 0 aliphatic heterocycles. The number of aromatic nitrogens is 1. The van der Waals surface area contributed by atoms with Crippen LogP contribution in [0.25, 0.3) is 0 Å². The molecule has 0 aromatic carbocycles. The molecule has 0 N–H and O–H groups in total. The molecule has 0 unspecified atom stereocenters. The Morgan fingerprint density at radius 2 is 2.29 bits per heavy atom. The van der Waals surface area contributed by atoms with Crippen LogP contribution >= 0.6 is 38.5 Å². The minimum atomic E-state index is -2.75. The third-order valence-corrected chi connectivity index (χ3v) is 3.31. The number of nitrogens with zero attached hydrogens (tertiary/aromatic N) is 1. The van der Waals surface area contributed by atoms with E-state index in [1.54, 1.807) is 29.5 Å². The summed E-state index contributed by atoms with van der Waals surface area (Å²) in [7, 11) is 0. The Morgan fingerprint density at radius 1 is 1.65 bits per heavy atom. The van der Waals surface area contributed by atoms with E-state index in [1.807, 2.05) is 0 Å². The Labute approximate surface area is 119 Å². The van der Waals surface area contributed by atoms with Crippen molar-refractivity contribution in [2.45, 2.75) is 18.7 Å². The minimum absolute atomic E-state index is 0.115. The van der Waals surface area contributed by atoms with Gasteiger partial charge >= 0.3 is 5.97 Å². The van der Waals surface area contributed by atoms with Gasteiger partial charge in [-0.1, -0.05) is 15.9 Å². The molecular weight excluding hydrogens is 411 g/mol. The maximum atomic E-state index is 12.9. The first-order chi connectivity index (χ1) is 8.01. The predicted octanol–water partition coefficient (Wildman–Crippen LogP) is 3.70.